The van der Waals surface area contributed by atoms with E-state index in [0.717, 1.165) is 25.9 Å². The Labute approximate surface area is 137 Å². The summed E-state index contributed by atoms with van der Waals surface area (Å²) in [6, 6.07) is 2.00. The molecular weight excluding hydrogens is 296 g/mol. The molecule has 1 unspecified atom stereocenters. The van der Waals surface area contributed by atoms with Gasteiger partial charge in [0.25, 0.3) is 5.91 Å². The van der Waals surface area contributed by atoms with Crippen molar-refractivity contribution < 1.29 is 19.4 Å². The van der Waals surface area contributed by atoms with E-state index in [1.54, 1.807) is 13.0 Å². The number of phenolic OH excluding ortho intramolecular Hbond substituents is 1. The Bertz CT molecular complexity index is 574. The van der Waals surface area contributed by atoms with Crippen LogP contribution in [0.5, 0.6) is 17.2 Å². The molecule has 0 aliphatic carbocycles. The summed E-state index contributed by atoms with van der Waals surface area (Å²) < 4.78 is 10.5. The number of hydrogen-bond acceptors (Lipinski definition) is 5. The maximum atomic E-state index is 12.6. The Morgan fingerprint density at radius 3 is 2.78 bits per heavy atom. The third-order valence-corrected chi connectivity index (χ3v) is 4.46. The van der Waals surface area contributed by atoms with Gasteiger partial charge in [0.05, 0.1) is 14.2 Å². The zero-order valence-electron chi connectivity index (χ0n) is 14.3. The fourth-order valence-corrected chi connectivity index (χ4v) is 3.16. The standard InChI is InChI=1S/C17H26N2O4/c1-5-19-8-6-7-12(19)10-18-17(21)14-15(20)11(2)9-13(22-3)16(14)23-4/h9,12,20H,5-8,10H2,1-4H3,(H,18,21). The van der Waals surface area contributed by atoms with Crippen molar-refractivity contribution >= 4 is 5.91 Å². The Balaban J connectivity index is 2.20. The van der Waals surface area contributed by atoms with Crippen molar-refractivity contribution in [2.75, 3.05) is 33.9 Å². The Morgan fingerprint density at radius 1 is 1.43 bits per heavy atom. The van der Waals surface area contributed by atoms with Crippen LogP contribution >= 0.6 is 0 Å². The van der Waals surface area contributed by atoms with Gasteiger partial charge in [-0.1, -0.05) is 6.92 Å². The molecule has 1 aliphatic rings. The number of aromatic hydroxyl groups is 1. The van der Waals surface area contributed by atoms with Crippen molar-refractivity contribution in [2.45, 2.75) is 32.7 Å². The maximum absolute atomic E-state index is 12.6. The lowest BCUT2D eigenvalue weighted by Crippen LogP contribution is -2.40. The first-order valence-corrected chi connectivity index (χ1v) is 8.00. The summed E-state index contributed by atoms with van der Waals surface area (Å²) in [7, 11) is 2.97. The lowest BCUT2D eigenvalue weighted by molar-refractivity contribution is 0.0934. The van der Waals surface area contributed by atoms with Crippen molar-refractivity contribution in [3.8, 4) is 17.2 Å². The maximum Gasteiger partial charge on any atom is 0.259 e. The van der Waals surface area contributed by atoms with E-state index in [-0.39, 0.29) is 23.0 Å². The predicted octanol–water partition coefficient (Wildman–Crippen LogP) is 1.93. The van der Waals surface area contributed by atoms with Crippen LogP contribution in [0.25, 0.3) is 0 Å². The van der Waals surface area contributed by atoms with E-state index < -0.39 is 0 Å². The van der Waals surface area contributed by atoms with Crippen LogP contribution in [0, 0.1) is 6.92 Å². The van der Waals surface area contributed by atoms with Gasteiger partial charge >= 0.3 is 0 Å². The minimum Gasteiger partial charge on any atom is -0.507 e. The first-order valence-electron chi connectivity index (χ1n) is 8.00. The van der Waals surface area contributed by atoms with Crippen LogP contribution in [0.4, 0.5) is 0 Å². The number of likely N-dealkylation sites (N-methyl/N-ethyl adjacent to an activating group) is 1. The number of nitrogens with zero attached hydrogens (tertiary/aromatic N) is 1. The largest absolute Gasteiger partial charge is 0.507 e. The van der Waals surface area contributed by atoms with Crippen molar-refractivity contribution in [2.24, 2.45) is 0 Å². The fraction of sp³-hybridized carbons (Fsp3) is 0.588. The summed E-state index contributed by atoms with van der Waals surface area (Å²) in [4.78, 5) is 14.9. The highest BCUT2D eigenvalue weighted by Crippen LogP contribution is 2.39. The average molecular weight is 322 g/mol. The van der Waals surface area contributed by atoms with Crippen molar-refractivity contribution in [1.82, 2.24) is 10.2 Å². The van der Waals surface area contributed by atoms with Gasteiger partial charge in [0.1, 0.15) is 11.3 Å². The molecule has 1 heterocycles. The molecule has 6 heteroatoms. The van der Waals surface area contributed by atoms with E-state index >= 15 is 0 Å². The predicted molar refractivity (Wildman–Crippen MR) is 88.6 cm³/mol. The van der Waals surface area contributed by atoms with Crippen molar-refractivity contribution in [3.05, 3.63) is 17.2 Å². The van der Waals surface area contributed by atoms with E-state index in [2.05, 4.69) is 17.1 Å². The number of phenols is 1. The molecule has 1 aliphatic heterocycles. The molecule has 23 heavy (non-hydrogen) atoms. The lowest BCUT2D eigenvalue weighted by atomic mass is 10.1. The number of methoxy groups -OCH3 is 2. The molecule has 0 bridgehead atoms. The molecule has 6 nitrogen and oxygen atoms in total. The second-order valence-electron chi connectivity index (χ2n) is 5.79. The summed E-state index contributed by atoms with van der Waals surface area (Å²) in [5.74, 6) is 0.277. The van der Waals surface area contributed by atoms with Crippen molar-refractivity contribution in [3.63, 3.8) is 0 Å². The molecule has 0 radical (unpaired) electrons. The SMILES string of the molecule is CCN1CCCC1CNC(=O)c1c(O)c(C)cc(OC)c1OC. The van der Waals surface area contributed by atoms with E-state index in [1.165, 1.54) is 14.2 Å². The van der Waals surface area contributed by atoms with Gasteiger partial charge in [0.2, 0.25) is 0 Å². The number of benzene rings is 1. The van der Waals surface area contributed by atoms with Gasteiger partial charge < -0.3 is 19.9 Å². The van der Waals surface area contributed by atoms with Gasteiger partial charge in [-0.3, -0.25) is 9.69 Å². The summed E-state index contributed by atoms with van der Waals surface area (Å²) in [5.41, 5.74) is 0.703. The number of carbonyl (C=O) groups excluding carboxylic acids is 1. The highest BCUT2D eigenvalue weighted by atomic mass is 16.5. The van der Waals surface area contributed by atoms with Gasteiger partial charge in [-0.15, -0.1) is 0 Å². The number of rotatable bonds is 6. The van der Waals surface area contributed by atoms with Crippen molar-refractivity contribution in [1.29, 1.82) is 0 Å². The minimum absolute atomic E-state index is 0.0704. The number of nitrogens with one attached hydrogen (secondary N) is 1. The molecule has 2 N–H and O–H groups in total. The van der Waals surface area contributed by atoms with Crippen LogP contribution < -0.4 is 14.8 Å². The lowest BCUT2D eigenvalue weighted by Gasteiger charge is -2.23. The first-order chi connectivity index (χ1) is 11.0. The third kappa shape index (κ3) is 3.52. The van der Waals surface area contributed by atoms with E-state index in [9.17, 15) is 9.90 Å². The van der Waals surface area contributed by atoms with E-state index in [4.69, 9.17) is 9.47 Å². The molecule has 0 spiro atoms. The molecule has 1 aromatic rings. The second-order valence-corrected chi connectivity index (χ2v) is 5.79. The number of ether oxygens (including phenoxy) is 2. The smallest absolute Gasteiger partial charge is 0.259 e. The highest BCUT2D eigenvalue weighted by molar-refractivity contribution is 6.01. The molecule has 0 aromatic heterocycles. The monoisotopic (exact) mass is 322 g/mol. The number of hydrogen-bond donors (Lipinski definition) is 2. The van der Waals surface area contributed by atoms with Gasteiger partial charge in [0.15, 0.2) is 11.5 Å². The Kier molecular flexibility index (Phi) is 5.71. The molecule has 2 rings (SSSR count). The highest BCUT2D eigenvalue weighted by Gasteiger charge is 2.27. The molecule has 1 aromatic carbocycles. The van der Waals surface area contributed by atoms with Gasteiger partial charge in [0, 0.05) is 12.6 Å². The molecule has 0 saturated carbocycles. The number of carbonyl (C=O) groups is 1. The Hall–Kier alpha value is -1.95. The van der Waals surface area contributed by atoms with E-state index in [0.29, 0.717) is 23.9 Å². The van der Waals surface area contributed by atoms with Crippen LogP contribution in [-0.2, 0) is 0 Å². The number of amides is 1. The molecule has 128 valence electrons. The zero-order chi connectivity index (χ0) is 17.0. The average Bonchev–Trinajstić information content (AvgIpc) is 3.01. The zero-order valence-corrected chi connectivity index (χ0v) is 14.3. The molecule has 1 atom stereocenters. The van der Waals surface area contributed by atoms with Crippen LogP contribution in [0.3, 0.4) is 0 Å². The summed E-state index contributed by atoms with van der Waals surface area (Å²) in [5, 5.41) is 13.2. The third-order valence-electron chi connectivity index (χ3n) is 4.46. The second kappa shape index (κ2) is 7.55. The normalized spacial score (nSPS) is 18.0. The van der Waals surface area contributed by atoms with Gasteiger partial charge in [-0.2, -0.15) is 0 Å². The summed E-state index contributed by atoms with van der Waals surface area (Å²) >= 11 is 0. The molecule has 1 fully saturated rings. The quantitative estimate of drug-likeness (QED) is 0.837. The Morgan fingerprint density at radius 2 is 2.17 bits per heavy atom. The first kappa shape index (κ1) is 17.4. The van der Waals surface area contributed by atoms with Gasteiger partial charge in [-0.25, -0.2) is 0 Å². The number of likely N-dealkylation sites (tertiary alicyclic amines) is 1. The topological polar surface area (TPSA) is 71.0 Å². The van der Waals surface area contributed by atoms with Crippen LogP contribution in [0.1, 0.15) is 35.7 Å². The minimum atomic E-state index is -0.343. The summed E-state index contributed by atoms with van der Waals surface area (Å²) in [6.07, 6.45) is 2.23. The molecule has 1 saturated heterocycles. The van der Waals surface area contributed by atoms with Crippen LogP contribution in [0.2, 0.25) is 0 Å². The van der Waals surface area contributed by atoms with Crippen LogP contribution in [0.15, 0.2) is 6.07 Å². The van der Waals surface area contributed by atoms with Gasteiger partial charge in [-0.05, 0) is 44.5 Å². The molecular formula is C17H26N2O4. The summed E-state index contributed by atoms with van der Waals surface area (Å²) in [6.45, 7) is 6.47. The van der Waals surface area contributed by atoms with Crippen LogP contribution in [-0.4, -0.2) is 55.8 Å². The number of aryl methyl sites for hydroxylation is 1. The molecule has 1 amide bonds. The van der Waals surface area contributed by atoms with E-state index in [1.807, 2.05) is 0 Å². The fourth-order valence-electron chi connectivity index (χ4n) is 3.16.